The molecule has 1 fully saturated rings. The molecule has 0 amide bonds. The first-order valence-electron chi connectivity index (χ1n) is 7.33. The average Bonchev–Trinajstić information content (AvgIpc) is 2.70. The molecule has 1 unspecified atom stereocenters. The van der Waals surface area contributed by atoms with Crippen LogP contribution in [0.5, 0.6) is 0 Å². The highest BCUT2D eigenvalue weighted by Gasteiger charge is 2.61. The van der Waals surface area contributed by atoms with Crippen molar-refractivity contribution in [1.29, 1.82) is 0 Å². The van der Waals surface area contributed by atoms with E-state index < -0.39 is 0 Å². The maximum Gasteiger partial charge on any atom is 0.310 e. The lowest BCUT2D eigenvalue weighted by Gasteiger charge is -2.12. The van der Waals surface area contributed by atoms with Crippen LogP contribution >= 0.6 is 0 Å². The van der Waals surface area contributed by atoms with Crippen molar-refractivity contribution in [1.82, 2.24) is 0 Å². The molecule has 0 heterocycles. The summed E-state index contributed by atoms with van der Waals surface area (Å²) < 4.78 is 5.67. The second kappa shape index (κ2) is 5.48. The summed E-state index contributed by atoms with van der Waals surface area (Å²) in [5, 5.41) is 0. The number of allylic oxidation sites excluding steroid dienone is 2. The van der Waals surface area contributed by atoms with Gasteiger partial charge in [0.15, 0.2) is 0 Å². The molecule has 0 aromatic carbocycles. The van der Waals surface area contributed by atoms with Crippen LogP contribution in [0.3, 0.4) is 0 Å². The van der Waals surface area contributed by atoms with E-state index in [9.17, 15) is 4.79 Å². The number of rotatable bonds is 4. The Morgan fingerprint density at radius 2 is 2.25 bits per heavy atom. The SMILES string of the molecule is C#CCC1=CC[C@@H](OC(=O)[C@@H]2C(C=C(C)C)C2(C)C)C1. The number of ether oxygens (including phenoxy) is 1. The molecular weight excluding hydrogens is 248 g/mol. The summed E-state index contributed by atoms with van der Waals surface area (Å²) in [6.45, 7) is 8.42. The summed E-state index contributed by atoms with van der Waals surface area (Å²) in [4.78, 5) is 12.3. The summed E-state index contributed by atoms with van der Waals surface area (Å²) in [7, 11) is 0. The van der Waals surface area contributed by atoms with Gasteiger partial charge in [0.25, 0.3) is 0 Å². The van der Waals surface area contributed by atoms with E-state index in [2.05, 4.69) is 45.8 Å². The minimum Gasteiger partial charge on any atom is -0.461 e. The zero-order chi connectivity index (χ0) is 14.9. The van der Waals surface area contributed by atoms with Gasteiger partial charge in [0.05, 0.1) is 5.92 Å². The van der Waals surface area contributed by atoms with Crippen molar-refractivity contribution in [3.05, 3.63) is 23.3 Å². The lowest BCUT2D eigenvalue weighted by Crippen LogP contribution is -2.18. The summed E-state index contributed by atoms with van der Waals surface area (Å²) in [5.74, 6) is 2.93. The van der Waals surface area contributed by atoms with Gasteiger partial charge < -0.3 is 4.74 Å². The topological polar surface area (TPSA) is 26.3 Å². The Labute approximate surface area is 122 Å². The molecule has 108 valence electrons. The molecule has 2 heteroatoms. The van der Waals surface area contributed by atoms with E-state index in [1.54, 1.807) is 0 Å². The summed E-state index contributed by atoms with van der Waals surface area (Å²) in [6, 6.07) is 0. The van der Waals surface area contributed by atoms with Gasteiger partial charge in [-0.25, -0.2) is 0 Å². The third-order valence-electron chi connectivity index (χ3n) is 4.45. The van der Waals surface area contributed by atoms with E-state index in [0.29, 0.717) is 12.3 Å². The highest BCUT2D eigenvalue weighted by atomic mass is 16.5. The van der Waals surface area contributed by atoms with Crippen LogP contribution in [0.1, 0.15) is 47.0 Å². The Kier molecular flexibility index (Phi) is 4.09. The Morgan fingerprint density at radius 1 is 1.55 bits per heavy atom. The van der Waals surface area contributed by atoms with E-state index in [0.717, 1.165) is 12.8 Å². The molecule has 2 aliphatic rings. The van der Waals surface area contributed by atoms with Gasteiger partial charge in [-0.1, -0.05) is 37.1 Å². The molecule has 0 N–H and O–H groups in total. The molecule has 1 saturated carbocycles. The van der Waals surface area contributed by atoms with Gasteiger partial charge in [-0.3, -0.25) is 4.79 Å². The van der Waals surface area contributed by atoms with Crippen LogP contribution in [0, 0.1) is 29.6 Å². The van der Waals surface area contributed by atoms with E-state index in [4.69, 9.17) is 11.2 Å². The lowest BCUT2D eigenvalue weighted by atomic mass is 10.1. The number of esters is 1. The zero-order valence-corrected chi connectivity index (χ0v) is 12.9. The molecule has 0 bridgehead atoms. The Balaban J connectivity index is 1.89. The van der Waals surface area contributed by atoms with E-state index in [1.165, 1.54) is 11.1 Å². The first-order valence-corrected chi connectivity index (χ1v) is 7.33. The second-order valence-electron chi connectivity index (χ2n) is 6.81. The molecule has 3 atom stereocenters. The second-order valence-corrected chi connectivity index (χ2v) is 6.81. The van der Waals surface area contributed by atoms with Crippen molar-refractivity contribution < 1.29 is 9.53 Å². The molecule has 2 rings (SSSR count). The monoisotopic (exact) mass is 272 g/mol. The van der Waals surface area contributed by atoms with Crippen LogP contribution in [0.25, 0.3) is 0 Å². The smallest absolute Gasteiger partial charge is 0.310 e. The molecule has 0 radical (unpaired) electrons. The van der Waals surface area contributed by atoms with Crippen LogP contribution in [0.15, 0.2) is 23.3 Å². The summed E-state index contributed by atoms with van der Waals surface area (Å²) >= 11 is 0. The van der Waals surface area contributed by atoms with Crippen molar-refractivity contribution in [2.45, 2.75) is 53.1 Å². The molecule has 0 saturated heterocycles. The van der Waals surface area contributed by atoms with Crippen molar-refractivity contribution >= 4 is 5.97 Å². The molecule has 0 aromatic rings. The zero-order valence-electron chi connectivity index (χ0n) is 12.9. The molecule has 2 aliphatic carbocycles. The van der Waals surface area contributed by atoms with Crippen LogP contribution in [-0.4, -0.2) is 12.1 Å². The van der Waals surface area contributed by atoms with Crippen LogP contribution in [-0.2, 0) is 9.53 Å². The Hall–Kier alpha value is -1.49. The molecule has 0 aliphatic heterocycles. The minimum atomic E-state index is -0.0437. The number of hydrogen-bond donors (Lipinski definition) is 0. The van der Waals surface area contributed by atoms with Crippen LogP contribution < -0.4 is 0 Å². The van der Waals surface area contributed by atoms with Crippen LogP contribution in [0.4, 0.5) is 0 Å². The van der Waals surface area contributed by atoms with Gasteiger partial charge in [-0.05, 0) is 25.2 Å². The van der Waals surface area contributed by atoms with Gasteiger partial charge in [0, 0.05) is 19.3 Å². The average molecular weight is 272 g/mol. The number of carbonyl (C=O) groups excluding carboxylic acids is 1. The maximum absolute atomic E-state index is 12.3. The van der Waals surface area contributed by atoms with Crippen molar-refractivity contribution in [2.75, 3.05) is 0 Å². The summed E-state index contributed by atoms with van der Waals surface area (Å²) in [5.41, 5.74) is 2.51. The fourth-order valence-electron chi connectivity index (χ4n) is 3.16. The first-order chi connectivity index (χ1) is 9.36. The highest BCUT2D eigenvalue weighted by molar-refractivity contribution is 5.78. The predicted octanol–water partition coefficient (Wildman–Crippen LogP) is 3.88. The lowest BCUT2D eigenvalue weighted by molar-refractivity contribution is -0.151. The third-order valence-corrected chi connectivity index (χ3v) is 4.45. The standard InChI is InChI=1S/C18H24O2/c1-6-7-13-8-9-14(11-13)20-17(19)16-15(10-12(2)3)18(16,4)5/h1,8,10,14-16H,7,9,11H2,2-5H3/t14-,15?,16+/m1/s1. The van der Waals surface area contributed by atoms with Crippen molar-refractivity contribution in [2.24, 2.45) is 17.3 Å². The van der Waals surface area contributed by atoms with Crippen molar-refractivity contribution in [3.63, 3.8) is 0 Å². The van der Waals surface area contributed by atoms with Gasteiger partial charge in [0.1, 0.15) is 6.10 Å². The van der Waals surface area contributed by atoms with Gasteiger partial charge in [-0.2, -0.15) is 0 Å². The quantitative estimate of drug-likeness (QED) is 0.441. The van der Waals surface area contributed by atoms with Crippen molar-refractivity contribution in [3.8, 4) is 12.3 Å². The van der Waals surface area contributed by atoms with E-state index in [1.807, 2.05) is 0 Å². The van der Waals surface area contributed by atoms with Gasteiger partial charge in [-0.15, -0.1) is 12.3 Å². The number of hydrogen-bond acceptors (Lipinski definition) is 2. The normalized spacial score (nSPS) is 30.1. The predicted molar refractivity (Wildman–Crippen MR) is 80.8 cm³/mol. The van der Waals surface area contributed by atoms with Gasteiger partial charge in [0.2, 0.25) is 0 Å². The number of carbonyl (C=O) groups is 1. The summed E-state index contributed by atoms with van der Waals surface area (Å²) in [6.07, 6.45) is 11.9. The number of terminal acetylenes is 1. The van der Waals surface area contributed by atoms with E-state index >= 15 is 0 Å². The largest absolute Gasteiger partial charge is 0.461 e. The Bertz CT molecular complexity index is 498. The molecule has 2 nitrogen and oxygen atoms in total. The Morgan fingerprint density at radius 3 is 2.85 bits per heavy atom. The first kappa shape index (κ1) is 14.9. The fourth-order valence-corrected chi connectivity index (χ4v) is 3.16. The van der Waals surface area contributed by atoms with Crippen LogP contribution in [0.2, 0.25) is 0 Å². The molecule has 0 spiro atoms. The highest BCUT2D eigenvalue weighted by Crippen LogP contribution is 2.60. The maximum atomic E-state index is 12.3. The fraction of sp³-hybridized carbons (Fsp3) is 0.611. The molecule has 0 aromatic heterocycles. The minimum absolute atomic E-state index is 0.00500. The van der Waals surface area contributed by atoms with Gasteiger partial charge >= 0.3 is 5.97 Å². The molecular formula is C18H24O2. The molecule has 20 heavy (non-hydrogen) atoms. The third kappa shape index (κ3) is 2.98. The van der Waals surface area contributed by atoms with E-state index in [-0.39, 0.29) is 23.4 Å².